The van der Waals surface area contributed by atoms with Gasteiger partial charge in [-0.05, 0) is 12.1 Å². The van der Waals surface area contributed by atoms with E-state index in [4.69, 9.17) is 5.11 Å². The zero-order chi connectivity index (χ0) is 12.8. The number of halogens is 3. The summed E-state index contributed by atoms with van der Waals surface area (Å²) < 4.78 is 39.4. The lowest BCUT2D eigenvalue weighted by molar-refractivity contribution is -0.138. The molecule has 0 aliphatic carbocycles. The molecule has 2 aromatic rings. The first-order valence-corrected chi connectivity index (χ1v) is 4.56. The zero-order valence-electron chi connectivity index (χ0n) is 8.62. The zero-order valence-corrected chi connectivity index (χ0v) is 8.62. The maximum Gasteiger partial charge on any atom is 0.417 e. The Morgan fingerprint density at radius 1 is 1.41 bits per heavy atom. The van der Waals surface area contributed by atoms with Crippen molar-refractivity contribution in [1.29, 1.82) is 0 Å². The van der Waals surface area contributed by atoms with Crippen LogP contribution in [0.1, 0.15) is 15.9 Å². The van der Waals surface area contributed by atoms with Crippen molar-refractivity contribution in [3.63, 3.8) is 0 Å². The van der Waals surface area contributed by atoms with Gasteiger partial charge >= 0.3 is 12.1 Å². The molecule has 0 bridgehead atoms. The predicted molar refractivity (Wildman–Crippen MR) is 52.7 cm³/mol. The smallest absolute Gasteiger partial charge is 0.417 e. The number of alkyl halides is 3. The Morgan fingerprint density at radius 2 is 2.06 bits per heavy atom. The van der Waals surface area contributed by atoms with Gasteiger partial charge in [-0.2, -0.15) is 13.2 Å². The van der Waals surface area contributed by atoms with Crippen LogP contribution in [0, 0.1) is 0 Å². The number of rotatable bonds is 1. The second-order valence-corrected chi connectivity index (χ2v) is 3.54. The first kappa shape index (κ1) is 11.4. The van der Waals surface area contributed by atoms with Crippen LogP contribution in [0.4, 0.5) is 13.2 Å². The van der Waals surface area contributed by atoms with E-state index in [0.29, 0.717) is 5.52 Å². The lowest BCUT2D eigenvalue weighted by atomic mass is 10.1. The van der Waals surface area contributed by atoms with Crippen molar-refractivity contribution in [1.82, 2.24) is 9.55 Å². The molecule has 0 spiro atoms. The summed E-state index contributed by atoms with van der Waals surface area (Å²) in [6.45, 7) is 0. The Labute approximate surface area is 93.3 Å². The highest BCUT2D eigenvalue weighted by molar-refractivity contribution is 5.94. The minimum absolute atomic E-state index is 0.116. The van der Waals surface area contributed by atoms with Crippen molar-refractivity contribution in [2.24, 2.45) is 7.05 Å². The van der Waals surface area contributed by atoms with Crippen molar-refractivity contribution < 1.29 is 23.1 Å². The number of aromatic nitrogens is 2. The molecule has 0 amide bonds. The normalized spacial score (nSPS) is 12.0. The van der Waals surface area contributed by atoms with Gasteiger partial charge in [0.1, 0.15) is 0 Å². The second-order valence-electron chi connectivity index (χ2n) is 3.54. The Bertz CT molecular complexity index is 601. The number of imidazole rings is 1. The molecule has 0 fully saturated rings. The van der Waals surface area contributed by atoms with Crippen molar-refractivity contribution in [2.45, 2.75) is 6.18 Å². The molecular weight excluding hydrogens is 237 g/mol. The summed E-state index contributed by atoms with van der Waals surface area (Å²) in [6.07, 6.45) is -3.38. The Morgan fingerprint density at radius 3 is 2.59 bits per heavy atom. The van der Waals surface area contributed by atoms with Gasteiger partial charge in [0.2, 0.25) is 0 Å². The van der Waals surface area contributed by atoms with Gasteiger partial charge in [0.15, 0.2) is 0 Å². The Kier molecular flexibility index (Phi) is 2.34. The van der Waals surface area contributed by atoms with Gasteiger partial charge < -0.3 is 9.67 Å². The van der Waals surface area contributed by atoms with Crippen LogP contribution < -0.4 is 0 Å². The molecule has 0 atom stereocenters. The quantitative estimate of drug-likeness (QED) is 0.837. The predicted octanol–water partition coefficient (Wildman–Crippen LogP) is 2.29. The van der Waals surface area contributed by atoms with Gasteiger partial charge in [-0.15, -0.1) is 0 Å². The van der Waals surface area contributed by atoms with Crippen LogP contribution in [-0.4, -0.2) is 20.6 Å². The molecule has 0 unspecified atom stereocenters. The fraction of sp³-hybridized carbons (Fsp3) is 0.200. The van der Waals surface area contributed by atoms with Gasteiger partial charge in [-0.1, -0.05) is 0 Å². The number of hydrogen-bond acceptors (Lipinski definition) is 2. The van der Waals surface area contributed by atoms with Crippen LogP contribution in [0.25, 0.3) is 11.0 Å². The van der Waals surface area contributed by atoms with E-state index < -0.39 is 23.3 Å². The highest BCUT2D eigenvalue weighted by Gasteiger charge is 2.36. The van der Waals surface area contributed by atoms with Crippen LogP contribution >= 0.6 is 0 Å². The van der Waals surface area contributed by atoms with Crippen molar-refractivity contribution in [2.75, 3.05) is 0 Å². The number of fused-ring (bicyclic) bond motifs is 1. The number of aromatic carboxylic acids is 1. The molecule has 1 N–H and O–H groups in total. The van der Waals surface area contributed by atoms with E-state index in [1.54, 1.807) is 7.05 Å². The standard InChI is InChI=1S/C10H7F3N2O2/c1-15-4-14-7-3-6(10(11,12)13)5(9(16)17)2-8(7)15/h2-4H,1H3,(H,16,17). The first-order chi connectivity index (χ1) is 7.80. The molecule has 1 heterocycles. The van der Waals surface area contributed by atoms with E-state index >= 15 is 0 Å². The summed E-state index contributed by atoms with van der Waals surface area (Å²) in [5, 5.41) is 8.79. The largest absolute Gasteiger partial charge is 0.478 e. The van der Waals surface area contributed by atoms with Gasteiger partial charge in [0, 0.05) is 7.05 Å². The molecule has 0 radical (unpaired) electrons. The average molecular weight is 244 g/mol. The molecule has 2 rings (SSSR count). The first-order valence-electron chi connectivity index (χ1n) is 4.56. The van der Waals surface area contributed by atoms with Gasteiger partial charge in [-0.3, -0.25) is 0 Å². The number of aryl methyl sites for hydroxylation is 1. The van der Waals surface area contributed by atoms with Crippen LogP contribution in [0.15, 0.2) is 18.5 Å². The third kappa shape index (κ3) is 1.83. The summed E-state index contributed by atoms with van der Waals surface area (Å²) in [5.41, 5.74) is -1.50. The second kappa shape index (κ2) is 3.47. The maximum atomic E-state index is 12.6. The minimum atomic E-state index is -4.71. The van der Waals surface area contributed by atoms with Crippen LogP contribution in [0.2, 0.25) is 0 Å². The van der Waals surface area contributed by atoms with E-state index in [2.05, 4.69) is 4.98 Å². The van der Waals surface area contributed by atoms with E-state index in [-0.39, 0.29) is 5.52 Å². The van der Waals surface area contributed by atoms with Gasteiger partial charge in [0.05, 0.1) is 28.5 Å². The monoisotopic (exact) mass is 244 g/mol. The van der Waals surface area contributed by atoms with E-state index in [1.807, 2.05) is 0 Å². The summed E-state index contributed by atoms with van der Waals surface area (Å²) in [5.74, 6) is -1.61. The third-order valence-electron chi connectivity index (χ3n) is 2.40. The molecule has 0 saturated carbocycles. The lowest BCUT2D eigenvalue weighted by Gasteiger charge is -2.10. The minimum Gasteiger partial charge on any atom is -0.478 e. The summed E-state index contributed by atoms with van der Waals surface area (Å²) in [4.78, 5) is 14.6. The summed E-state index contributed by atoms with van der Waals surface area (Å²) >= 11 is 0. The van der Waals surface area contributed by atoms with Crippen molar-refractivity contribution in [3.8, 4) is 0 Å². The Balaban J connectivity index is 2.82. The highest BCUT2D eigenvalue weighted by Crippen LogP contribution is 2.34. The molecule has 7 heteroatoms. The Hall–Kier alpha value is -2.05. The van der Waals surface area contributed by atoms with Gasteiger partial charge in [0.25, 0.3) is 0 Å². The van der Waals surface area contributed by atoms with Crippen LogP contribution in [0.5, 0.6) is 0 Å². The maximum absolute atomic E-state index is 12.6. The molecule has 0 saturated heterocycles. The lowest BCUT2D eigenvalue weighted by Crippen LogP contribution is -2.13. The SMILES string of the molecule is Cn1cnc2cc(C(F)(F)F)c(C(=O)O)cc21. The molecule has 1 aromatic carbocycles. The summed E-state index contributed by atoms with van der Waals surface area (Å²) in [6, 6.07) is 1.73. The van der Waals surface area contributed by atoms with Crippen LogP contribution in [-0.2, 0) is 13.2 Å². The third-order valence-corrected chi connectivity index (χ3v) is 2.40. The molecule has 0 aliphatic rings. The molecular formula is C10H7F3N2O2. The number of hydrogen-bond donors (Lipinski definition) is 1. The highest BCUT2D eigenvalue weighted by atomic mass is 19.4. The number of nitrogens with zero attached hydrogens (tertiary/aromatic N) is 2. The van der Waals surface area contributed by atoms with Crippen molar-refractivity contribution in [3.05, 3.63) is 29.6 Å². The van der Waals surface area contributed by atoms with E-state index in [1.165, 1.54) is 10.9 Å². The molecule has 0 aliphatic heterocycles. The van der Waals surface area contributed by atoms with Gasteiger partial charge in [-0.25, -0.2) is 9.78 Å². The van der Waals surface area contributed by atoms with Crippen molar-refractivity contribution >= 4 is 17.0 Å². The number of carbonyl (C=O) groups is 1. The molecule has 90 valence electrons. The molecule has 17 heavy (non-hydrogen) atoms. The number of carboxylic acids is 1. The molecule has 1 aromatic heterocycles. The van der Waals surface area contributed by atoms with Crippen LogP contribution in [0.3, 0.4) is 0 Å². The fourth-order valence-electron chi connectivity index (χ4n) is 1.59. The average Bonchev–Trinajstić information content (AvgIpc) is 2.57. The molecule has 4 nitrogen and oxygen atoms in total. The summed E-state index contributed by atoms with van der Waals surface area (Å²) in [7, 11) is 1.58. The fourth-order valence-corrected chi connectivity index (χ4v) is 1.59. The topological polar surface area (TPSA) is 55.1 Å². The number of benzene rings is 1. The van der Waals surface area contributed by atoms with E-state index in [9.17, 15) is 18.0 Å². The van der Waals surface area contributed by atoms with E-state index in [0.717, 1.165) is 12.1 Å². The number of carboxylic acid groups (broad SMARTS) is 1.